The lowest BCUT2D eigenvalue weighted by molar-refractivity contribution is 0.887. The van der Waals surface area contributed by atoms with Crippen LogP contribution in [-0.4, -0.2) is 33.7 Å². The SMILES string of the molecule is CSCCNc1n[nH]c(=O)[nH]c1=O. The molecule has 0 aliphatic carbocycles. The molecular formula is C6H10N4O2S. The first-order valence-electron chi connectivity index (χ1n) is 3.66. The van der Waals surface area contributed by atoms with Gasteiger partial charge in [0, 0.05) is 12.3 Å². The lowest BCUT2D eigenvalue weighted by Gasteiger charge is -2.00. The average Bonchev–Trinajstić information content (AvgIpc) is 2.09. The molecule has 0 bridgehead atoms. The largest absolute Gasteiger partial charge is 0.363 e. The number of hydrogen-bond acceptors (Lipinski definition) is 5. The molecule has 3 N–H and O–H groups in total. The number of aromatic nitrogens is 3. The minimum atomic E-state index is -0.597. The van der Waals surface area contributed by atoms with Crippen molar-refractivity contribution in [3.63, 3.8) is 0 Å². The van der Waals surface area contributed by atoms with Gasteiger partial charge in [0.1, 0.15) is 0 Å². The molecule has 1 aromatic rings. The summed E-state index contributed by atoms with van der Waals surface area (Å²) in [5, 5.41) is 8.48. The molecule has 0 radical (unpaired) electrons. The van der Waals surface area contributed by atoms with E-state index in [4.69, 9.17) is 0 Å². The van der Waals surface area contributed by atoms with Crippen LogP contribution >= 0.6 is 11.8 Å². The van der Waals surface area contributed by atoms with Crippen molar-refractivity contribution in [2.75, 3.05) is 23.9 Å². The van der Waals surface area contributed by atoms with Crippen LogP contribution in [0.25, 0.3) is 0 Å². The van der Waals surface area contributed by atoms with Gasteiger partial charge in [0.2, 0.25) is 5.82 Å². The molecule has 0 amide bonds. The van der Waals surface area contributed by atoms with Crippen molar-refractivity contribution in [1.82, 2.24) is 15.2 Å². The minimum absolute atomic E-state index is 0.147. The fourth-order valence-electron chi connectivity index (χ4n) is 0.739. The molecule has 0 saturated carbocycles. The first-order chi connectivity index (χ1) is 6.24. The lowest BCUT2D eigenvalue weighted by Crippen LogP contribution is -2.27. The van der Waals surface area contributed by atoms with E-state index < -0.39 is 11.2 Å². The molecule has 0 fully saturated rings. The zero-order valence-corrected chi connectivity index (χ0v) is 7.90. The Morgan fingerprint density at radius 1 is 1.54 bits per heavy atom. The molecule has 0 aliphatic rings. The number of nitrogens with zero attached hydrogens (tertiary/aromatic N) is 1. The summed E-state index contributed by atoms with van der Waals surface area (Å²) in [6.07, 6.45) is 1.96. The predicted molar refractivity (Wildman–Crippen MR) is 52.4 cm³/mol. The molecule has 0 aromatic carbocycles. The molecule has 13 heavy (non-hydrogen) atoms. The second kappa shape index (κ2) is 4.70. The van der Waals surface area contributed by atoms with Crippen molar-refractivity contribution in [3.8, 4) is 0 Å². The highest BCUT2D eigenvalue weighted by atomic mass is 32.2. The molecule has 72 valence electrons. The Morgan fingerprint density at radius 3 is 2.92 bits per heavy atom. The van der Waals surface area contributed by atoms with Crippen LogP contribution in [0.5, 0.6) is 0 Å². The maximum atomic E-state index is 11.0. The minimum Gasteiger partial charge on any atom is -0.363 e. The quantitative estimate of drug-likeness (QED) is 0.558. The van der Waals surface area contributed by atoms with Gasteiger partial charge in [0.15, 0.2) is 0 Å². The van der Waals surface area contributed by atoms with E-state index in [1.54, 1.807) is 11.8 Å². The van der Waals surface area contributed by atoms with E-state index in [-0.39, 0.29) is 5.82 Å². The van der Waals surface area contributed by atoms with Gasteiger partial charge in [0.05, 0.1) is 0 Å². The van der Waals surface area contributed by atoms with Crippen molar-refractivity contribution in [1.29, 1.82) is 0 Å². The molecule has 0 aliphatic heterocycles. The number of thioether (sulfide) groups is 1. The van der Waals surface area contributed by atoms with Crippen LogP contribution in [0.1, 0.15) is 0 Å². The second-order valence-electron chi connectivity index (χ2n) is 2.28. The molecule has 1 aromatic heterocycles. The van der Waals surface area contributed by atoms with Crippen LogP contribution in [0.15, 0.2) is 9.59 Å². The van der Waals surface area contributed by atoms with Crippen molar-refractivity contribution in [3.05, 3.63) is 20.8 Å². The lowest BCUT2D eigenvalue weighted by atomic mass is 10.6. The Kier molecular flexibility index (Phi) is 3.56. The van der Waals surface area contributed by atoms with Gasteiger partial charge in [-0.3, -0.25) is 9.78 Å². The number of aromatic amines is 2. The van der Waals surface area contributed by atoms with Crippen LogP contribution in [0.4, 0.5) is 5.82 Å². The maximum Gasteiger partial charge on any atom is 0.342 e. The summed E-state index contributed by atoms with van der Waals surface area (Å²) in [4.78, 5) is 23.7. The second-order valence-corrected chi connectivity index (χ2v) is 3.26. The summed E-state index contributed by atoms with van der Waals surface area (Å²) in [5.74, 6) is 1.02. The van der Waals surface area contributed by atoms with Gasteiger partial charge in [-0.15, -0.1) is 5.10 Å². The molecule has 6 nitrogen and oxygen atoms in total. The van der Waals surface area contributed by atoms with Crippen molar-refractivity contribution in [2.24, 2.45) is 0 Å². The van der Waals surface area contributed by atoms with Gasteiger partial charge >= 0.3 is 5.69 Å². The summed E-state index contributed by atoms with van der Waals surface area (Å²) in [6, 6.07) is 0. The molecule has 0 spiro atoms. The highest BCUT2D eigenvalue weighted by Gasteiger charge is 1.99. The van der Waals surface area contributed by atoms with Crippen LogP contribution < -0.4 is 16.6 Å². The van der Waals surface area contributed by atoms with Crippen molar-refractivity contribution < 1.29 is 0 Å². The van der Waals surface area contributed by atoms with Crippen LogP contribution in [0.2, 0.25) is 0 Å². The van der Waals surface area contributed by atoms with E-state index in [1.165, 1.54) is 0 Å². The molecule has 7 heteroatoms. The highest BCUT2D eigenvalue weighted by Crippen LogP contribution is 1.91. The molecule has 1 rings (SSSR count). The molecule has 0 atom stereocenters. The zero-order valence-electron chi connectivity index (χ0n) is 7.09. The van der Waals surface area contributed by atoms with Crippen molar-refractivity contribution in [2.45, 2.75) is 0 Å². The predicted octanol–water partition coefficient (Wildman–Crippen LogP) is -0.767. The fraction of sp³-hybridized carbons (Fsp3) is 0.500. The average molecular weight is 202 g/mol. The van der Waals surface area contributed by atoms with Gasteiger partial charge in [0.25, 0.3) is 5.56 Å². The van der Waals surface area contributed by atoms with Crippen LogP contribution in [-0.2, 0) is 0 Å². The Balaban J connectivity index is 2.67. The Hall–Kier alpha value is -1.24. The van der Waals surface area contributed by atoms with Crippen molar-refractivity contribution >= 4 is 17.6 Å². The summed E-state index contributed by atoms with van der Waals surface area (Å²) < 4.78 is 0. The Bertz CT molecular complexity index is 371. The van der Waals surface area contributed by atoms with E-state index in [0.717, 1.165) is 5.75 Å². The summed E-state index contributed by atoms with van der Waals surface area (Å²) in [5.41, 5.74) is -1.09. The topological polar surface area (TPSA) is 90.6 Å². The third-order valence-electron chi connectivity index (χ3n) is 1.31. The van der Waals surface area contributed by atoms with Crippen LogP contribution in [0, 0.1) is 0 Å². The molecule has 0 unspecified atom stereocenters. The normalized spacial score (nSPS) is 9.92. The van der Waals surface area contributed by atoms with Gasteiger partial charge in [-0.1, -0.05) is 0 Å². The summed E-state index contributed by atoms with van der Waals surface area (Å²) >= 11 is 1.66. The van der Waals surface area contributed by atoms with Crippen LogP contribution in [0.3, 0.4) is 0 Å². The van der Waals surface area contributed by atoms with E-state index in [1.807, 2.05) is 6.26 Å². The number of rotatable bonds is 4. The third kappa shape index (κ3) is 2.94. The van der Waals surface area contributed by atoms with Gasteiger partial charge in [-0.25, -0.2) is 9.89 Å². The van der Waals surface area contributed by atoms with Gasteiger partial charge < -0.3 is 5.32 Å². The molecular weight excluding hydrogens is 192 g/mol. The maximum absolute atomic E-state index is 11.0. The monoisotopic (exact) mass is 202 g/mol. The van der Waals surface area contributed by atoms with Gasteiger partial charge in [-0.05, 0) is 6.26 Å². The highest BCUT2D eigenvalue weighted by molar-refractivity contribution is 7.98. The Morgan fingerprint density at radius 2 is 2.31 bits per heavy atom. The molecule has 1 heterocycles. The number of nitrogens with one attached hydrogen (secondary N) is 3. The number of H-pyrrole nitrogens is 2. The summed E-state index contributed by atoms with van der Waals surface area (Å²) in [7, 11) is 0. The standard InChI is InChI=1S/C6H10N4O2S/c1-13-3-2-7-4-5(11)8-6(12)10-9-4/h2-3H2,1H3,(H,7,9)(H2,8,10,11,12). The van der Waals surface area contributed by atoms with E-state index >= 15 is 0 Å². The number of anilines is 1. The Labute approximate surface area is 78.1 Å². The van der Waals surface area contributed by atoms with E-state index in [2.05, 4.69) is 20.5 Å². The first-order valence-corrected chi connectivity index (χ1v) is 5.05. The van der Waals surface area contributed by atoms with E-state index in [9.17, 15) is 9.59 Å². The molecule has 0 saturated heterocycles. The summed E-state index contributed by atoms with van der Waals surface area (Å²) in [6.45, 7) is 0.642. The van der Waals surface area contributed by atoms with E-state index in [0.29, 0.717) is 6.54 Å². The fourth-order valence-corrected chi connectivity index (χ4v) is 1.05. The number of hydrogen-bond donors (Lipinski definition) is 3. The third-order valence-corrected chi connectivity index (χ3v) is 1.92. The zero-order chi connectivity index (χ0) is 9.68. The smallest absolute Gasteiger partial charge is 0.342 e. The first kappa shape index (κ1) is 9.85. The van der Waals surface area contributed by atoms with Gasteiger partial charge in [-0.2, -0.15) is 11.8 Å².